The molecule has 2 aromatic carbocycles. The van der Waals surface area contributed by atoms with Crippen LogP contribution in [0.2, 0.25) is 0 Å². The second kappa shape index (κ2) is 6.17. The largest absolute Gasteiger partial charge is 0.322 e. The van der Waals surface area contributed by atoms with Crippen LogP contribution in [-0.4, -0.2) is 26.1 Å². The van der Waals surface area contributed by atoms with E-state index >= 15 is 0 Å². The lowest BCUT2D eigenvalue weighted by atomic mass is 10.1. The first-order valence-electron chi connectivity index (χ1n) is 7.00. The Morgan fingerprint density at radius 3 is 2.82 bits per heavy atom. The van der Waals surface area contributed by atoms with E-state index in [0.29, 0.717) is 5.56 Å². The zero-order valence-corrected chi connectivity index (χ0v) is 12.1. The van der Waals surface area contributed by atoms with Gasteiger partial charge in [-0.25, -0.2) is 4.68 Å². The molecule has 6 heteroatoms. The van der Waals surface area contributed by atoms with E-state index in [1.807, 2.05) is 30.3 Å². The van der Waals surface area contributed by atoms with Crippen molar-refractivity contribution in [1.29, 1.82) is 0 Å². The van der Waals surface area contributed by atoms with Crippen molar-refractivity contribution in [3.8, 4) is 5.69 Å². The number of nitrogens with one attached hydrogen (secondary N) is 1. The molecular formula is C16H15N5O. The zero-order chi connectivity index (χ0) is 15.4. The van der Waals surface area contributed by atoms with Crippen LogP contribution >= 0.6 is 0 Å². The molecule has 3 rings (SSSR count). The van der Waals surface area contributed by atoms with Crippen molar-refractivity contribution in [1.82, 2.24) is 20.2 Å². The van der Waals surface area contributed by atoms with Gasteiger partial charge in [0, 0.05) is 11.3 Å². The number of benzene rings is 2. The van der Waals surface area contributed by atoms with Gasteiger partial charge in [-0.05, 0) is 52.7 Å². The van der Waals surface area contributed by atoms with E-state index in [0.717, 1.165) is 17.8 Å². The molecule has 0 atom stereocenters. The number of rotatable bonds is 4. The summed E-state index contributed by atoms with van der Waals surface area (Å²) in [6, 6.07) is 15.0. The van der Waals surface area contributed by atoms with Crippen LogP contribution in [0, 0.1) is 0 Å². The lowest BCUT2D eigenvalue weighted by Gasteiger charge is -2.08. The molecule has 0 spiro atoms. The maximum Gasteiger partial charge on any atom is 0.255 e. The minimum atomic E-state index is -0.164. The highest BCUT2D eigenvalue weighted by Gasteiger charge is 2.08. The number of tetrazole rings is 1. The number of carbonyl (C=O) groups is 1. The van der Waals surface area contributed by atoms with Crippen molar-refractivity contribution < 1.29 is 4.79 Å². The number of aryl methyl sites for hydroxylation is 1. The number of amides is 1. The molecule has 0 radical (unpaired) electrons. The molecule has 1 aromatic heterocycles. The third kappa shape index (κ3) is 3.01. The summed E-state index contributed by atoms with van der Waals surface area (Å²) in [4.78, 5) is 12.4. The van der Waals surface area contributed by atoms with E-state index in [4.69, 9.17) is 0 Å². The zero-order valence-electron chi connectivity index (χ0n) is 12.1. The second-order valence-electron chi connectivity index (χ2n) is 4.81. The number of anilines is 1. The van der Waals surface area contributed by atoms with Crippen molar-refractivity contribution in [2.45, 2.75) is 13.3 Å². The third-order valence-electron chi connectivity index (χ3n) is 3.31. The summed E-state index contributed by atoms with van der Waals surface area (Å²) in [6.07, 6.45) is 2.42. The summed E-state index contributed by atoms with van der Waals surface area (Å²) < 4.78 is 1.51. The van der Waals surface area contributed by atoms with Crippen LogP contribution in [0.1, 0.15) is 22.8 Å². The maximum atomic E-state index is 12.4. The van der Waals surface area contributed by atoms with Crippen LogP contribution in [0.5, 0.6) is 0 Å². The molecule has 0 aliphatic carbocycles. The fourth-order valence-corrected chi connectivity index (χ4v) is 2.14. The Kier molecular flexibility index (Phi) is 3.91. The molecule has 3 aromatic rings. The summed E-state index contributed by atoms with van der Waals surface area (Å²) in [7, 11) is 0. The van der Waals surface area contributed by atoms with Crippen molar-refractivity contribution in [2.75, 3.05) is 5.32 Å². The van der Waals surface area contributed by atoms with E-state index in [-0.39, 0.29) is 5.91 Å². The maximum absolute atomic E-state index is 12.4. The molecule has 0 aliphatic heterocycles. The Morgan fingerprint density at radius 1 is 1.18 bits per heavy atom. The molecule has 1 heterocycles. The SMILES string of the molecule is CCc1cccc(NC(=O)c2cccc(-n3cnnn3)c2)c1. The molecule has 0 fully saturated rings. The summed E-state index contributed by atoms with van der Waals surface area (Å²) in [5, 5.41) is 13.9. The van der Waals surface area contributed by atoms with E-state index in [2.05, 4.69) is 27.8 Å². The average Bonchev–Trinajstić information content (AvgIpc) is 3.09. The van der Waals surface area contributed by atoms with Crippen molar-refractivity contribution >= 4 is 11.6 Å². The number of aromatic nitrogens is 4. The van der Waals surface area contributed by atoms with Crippen LogP contribution in [0.25, 0.3) is 5.69 Å². The molecule has 6 nitrogen and oxygen atoms in total. The lowest BCUT2D eigenvalue weighted by Crippen LogP contribution is -2.12. The predicted molar refractivity (Wildman–Crippen MR) is 82.9 cm³/mol. The molecule has 0 aliphatic rings. The minimum absolute atomic E-state index is 0.164. The molecule has 0 saturated carbocycles. The summed E-state index contributed by atoms with van der Waals surface area (Å²) >= 11 is 0. The Bertz CT molecular complexity index is 783. The molecule has 1 amide bonds. The van der Waals surface area contributed by atoms with Gasteiger partial charge in [-0.2, -0.15) is 0 Å². The fraction of sp³-hybridized carbons (Fsp3) is 0.125. The summed E-state index contributed by atoms with van der Waals surface area (Å²) in [6.45, 7) is 2.08. The van der Waals surface area contributed by atoms with Gasteiger partial charge in [0.2, 0.25) is 0 Å². The molecule has 0 unspecified atom stereocenters. The standard InChI is InChI=1S/C16H15N5O/c1-2-12-5-3-7-14(9-12)18-16(22)13-6-4-8-15(10-13)21-11-17-19-20-21/h3-11H,2H2,1H3,(H,18,22). The number of carbonyl (C=O) groups excluding carboxylic acids is 1. The van der Waals surface area contributed by atoms with Gasteiger partial charge in [-0.1, -0.05) is 25.1 Å². The first kappa shape index (κ1) is 13.9. The van der Waals surface area contributed by atoms with Gasteiger partial charge in [0.05, 0.1) is 5.69 Å². The minimum Gasteiger partial charge on any atom is -0.322 e. The molecule has 1 N–H and O–H groups in total. The lowest BCUT2D eigenvalue weighted by molar-refractivity contribution is 0.102. The second-order valence-corrected chi connectivity index (χ2v) is 4.81. The molecule has 0 saturated heterocycles. The van der Waals surface area contributed by atoms with Crippen LogP contribution < -0.4 is 5.32 Å². The Hall–Kier alpha value is -3.02. The number of hydrogen-bond acceptors (Lipinski definition) is 4. The van der Waals surface area contributed by atoms with Gasteiger partial charge in [-0.15, -0.1) is 5.10 Å². The highest BCUT2D eigenvalue weighted by atomic mass is 16.1. The molecule has 22 heavy (non-hydrogen) atoms. The monoisotopic (exact) mass is 293 g/mol. The smallest absolute Gasteiger partial charge is 0.255 e. The van der Waals surface area contributed by atoms with Crippen molar-refractivity contribution in [3.63, 3.8) is 0 Å². The Balaban J connectivity index is 1.81. The van der Waals surface area contributed by atoms with E-state index in [1.54, 1.807) is 18.2 Å². The first-order chi connectivity index (χ1) is 10.8. The van der Waals surface area contributed by atoms with Crippen LogP contribution in [0.15, 0.2) is 54.9 Å². The molecular weight excluding hydrogens is 278 g/mol. The van der Waals surface area contributed by atoms with Gasteiger partial charge >= 0.3 is 0 Å². The van der Waals surface area contributed by atoms with E-state index < -0.39 is 0 Å². The fourth-order valence-electron chi connectivity index (χ4n) is 2.14. The average molecular weight is 293 g/mol. The predicted octanol–water partition coefficient (Wildman–Crippen LogP) is 2.48. The summed E-state index contributed by atoms with van der Waals surface area (Å²) in [5.41, 5.74) is 3.26. The normalized spacial score (nSPS) is 10.4. The number of hydrogen-bond donors (Lipinski definition) is 1. The van der Waals surface area contributed by atoms with Crippen LogP contribution in [0.3, 0.4) is 0 Å². The molecule has 0 bridgehead atoms. The number of nitrogens with zero attached hydrogens (tertiary/aromatic N) is 4. The topological polar surface area (TPSA) is 72.7 Å². The van der Waals surface area contributed by atoms with Gasteiger partial charge in [0.25, 0.3) is 5.91 Å². The highest BCUT2D eigenvalue weighted by Crippen LogP contribution is 2.14. The first-order valence-corrected chi connectivity index (χ1v) is 7.00. The highest BCUT2D eigenvalue weighted by molar-refractivity contribution is 6.04. The van der Waals surface area contributed by atoms with Gasteiger partial charge in [0.15, 0.2) is 0 Å². The van der Waals surface area contributed by atoms with Gasteiger partial charge < -0.3 is 5.32 Å². The van der Waals surface area contributed by atoms with Gasteiger partial charge in [0.1, 0.15) is 6.33 Å². The van der Waals surface area contributed by atoms with E-state index in [1.165, 1.54) is 16.6 Å². The van der Waals surface area contributed by atoms with Crippen LogP contribution in [-0.2, 0) is 6.42 Å². The Morgan fingerprint density at radius 2 is 2.05 bits per heavy atom. The van der Waals surface area contributed by atoms with Crippen LogP contribution in [0.4, 0.5) is 5.69 Å². The molecule has 110 valence electrons. The van der Waals surface area contributed by atoms with E-state index in [9.17, 15) is 4.79 Å². The van der Waals surface area contributed by atoms with Gasteiger partial charge in [-0.3, -0.25) is 4.79 Å². The van der Waals surface area contributed by atoms with Crippen molar-refractivity contribution in [2.24, 2.45) is 0 Å². The van der Waals surface area contributed by atoms with Crippen molar-refractivity contribution in [3.05, 3.63) is 66.0 Å². The third-order valence-corrected chi connectivity index (χ3v) is 3.31. The quantitative estimate of drug-likeness (QED) is 0.802. The summed E-state index contributed by atoms with van der Waals surface area (Å²) in [5.74, 6) is -0.164. The Labute approximate surface area is 127 Å².